The number of halogens is 2. The molecule has 2 rings (SSSR count). The maximum atomic E-state index is 14.0. The van der Waals surface area contributed by atoms with Crippen LogP contribution in [0.2, 0.25) is 5.02 Å². The first-order valence-electron chi connectivity index (χ1n) is 5.26. The van der Waals surface area contributed by atoms with Crippen LogP contribution in [-0.2, 0) is 6.54 Å². The summed E-state index contributed by atoms with van der Waals surface area (Å²) in [4.78, 5) is 1.65. The lowest BCUT2D eigenvalue weighted by molar-refractivity contribution is 0.563. The summed E-state index contributed by atoms with van der Waals surface area (Å²) in [6.07, 6.45) is 3.14. The fourth-order valence-corrected chi connectivity index (χ4v) is 1.92. The summed E-state index contributed by atoms with van der Waals surface area (Å²) in [5, 5.41) is -0.113. The largest absolute Gasteiger partial charge is 0.472 e. The molecule has 2 aromatic rings. The lowest BCUT2D eigenvalue weighted by Gasteiger charge is -2.22. The van der Waals surface area contributed by atoms with Crippen LogP contribution in [0.15, 0.2) is 29.1 Å². The molecule has 1 aromatic carbocycles. The molecular weight excluding hydrogens is 257 g/mol. The normalized spacial score (nSPS) is 10.6. The number of anilines is 3. The van der Waals surface area contributed by atoms with Crippen LogP contribution in [0, 0.1) is 5.82 Å². The number of hydrogen-bond donors (Lipinski definition) is 2. The van der Waals surface area contributed by atoms with Crippen molar-refractivity contribution in [2.75, 3.05) is 23.4 Å². The maximum absolute atomic E-state index is 14.0. The average molecular weight is 270 g/mol. The monoisotopic (exact) mass is 269 g/mol. The first-order chi connectivity index (χ1) is 8.50. The van der Waals surface area contributed by atoms with Gasteiger partial charge in [0.15, 0.2) is 5.82 Å². The van der Waals surface area contributed by atoms with Gasteiger partial charge in [-0.15, -0.1) is 0 Å². The predicted octanol–water partition coefficient (Wildman–Crippen LogP) is 2.87. The van der Waals surface area contributed by atoms with E-state index in [1.165, 1.54) is 6.07 Å². The third kappa shape index (κ3) is 2.22. The van der Waals surface area contributed by atoms with Crippen molar-refractivity contribution in [3.63, 3.8) is 0 Å². The topological polar surface area (TPSA) is 68.4 Å². The van der Waals surface area contributed by atoms with E-state index in [1.807, 2.05) is 0 Å². The van der Waals surface area contributed by atoms with E-state index >= 15 is 0 Å². The molecule has 0 aliphatic rings. The van der Waals surface area contributed by atoms with Crippen LogP contribution < -0.4 is 16.4 Å². The van der Waals surface area contributed by atoms with Gasteiger partial charge in [0.25, 0.3) is 0 Å². The molecular formula is C12H13ClFN3O. The Hall–Kier alpha value is -1.88. The Labute approximate surface area is 109 Å². The van der Waals surface area contributed by atoms with Gasteiger partial charge in [0.2, 0.25) is 0 Å². The van der Waals surface area contributed by atoms with E-state index in [0.717, 1.165) is 5.56 Å². The van der Waals surface area contributed by atoms with Crippen molar-refractivity contribution < 1.29 is 8.81 Å². The zero-order valence-corrected chi connectivity index (χ0v) is 10.5. The highest BCUT2D eigenvalue weighted by molar-refractivity contribution is 6.33. The van der Waals surface area contributed by atoms with Gasteiger partial charge >= 0.3 is 0 Å². The van der Waals surface area contributed by atoms with Gasteiger partial charge in [-0.05, 0) is 12.1 Å². The molecule has 6 heteroatoms. The van der Waals surface area contributed by atoms with Crippen molar-refractivity contribution in [3.8, 4) is 0 Å². The van der Waals surface area contributed by atoms with Crippen LogP contribution in [0.5, 0.6) is 0 Å². The van der Waals surface area contributed by atoms with Crippen molar-refractivity contribution in [2.45, 2.75) is 6.54 Å². The van der Waals surface area contributed by atoms with Gasteiger partial charge in [0.05, 0.1) is 29.6 Å². The number of furan rings is 1. The molecule has 0 spiro atoms. The van der Waals surface area contributed by atoms with Crippen molar-refractivity contribution in [3.05, 3.63) is 41.1 Å². The molecule has 1 heterocycles. The number of nitrogens with zero attached hydrogens (tertiary/aromatic N) is 1. The van der Waals surface area contributed by atoms with Gasteiger partial charge in [-0.25, -0.2) is 4.39 Å². The zero-order valence-electron chi connectivity index (χ0n) is 9.78. The molecule has 0 unspecified atom stereocenters. The fourth-order valence-electron chi connectivity index (χ4n) is 1.78. The molecule has 4 N–H and O–H groups in total. The summed E-state index contributed by atoms with van der Waals surface area (Å²) >= 11 is 5.78. The van der Waals surface area contributed by atoms with Crippen LogP contribution in [0.1, 0.15) is 5.56 Å². The van der Waals surface area contributed by atoms with Gasteiger partial charge in [-0.2, -0.15) is 0 Å². The molecule has 96 valence electrons. The Kier molecular flexibility index (Phi) is 3.34. The van der Waals surface area contributed by atoms with E-state index < -0.39 is 5.82 Å². The van der Waals surface area contributed by atoms with E-state index in [2.05, 4.69) is 0 Å². The van der Waals surface area contributed by atoms with E-state index in [-0.39, 0.29) is 22.1 Å². The highest BCUT2D eigenvalue weighted by Crippen LogP contribution is 2.36. The standard InChI is InChI=1S/C12H13ClFN3O/c1-17(5-7-2-3-18-6-7)12-9(16)4-8(15)10(13)11(12)14/h2-4,6H,5,15-16H2,1H3. The minimum absolute atomic E-state index is 0.113. The molecule has 0 bridgehead atoms. The van der Waals surface area contributed by atoms with Crippen molar-refractivity contribution >= 4 is 28.7 Å². The van der Waals surface area contributed by atoms with Crippen molar-refractivity contribution in [1.82, 2.24) is 0 Å². The van der Waals surface area contributed by atoms with Gasteiger partial charge in [0, 0.05) is 19.2 Å². The smallest absolute Gasteiger partial charge is 0.169 e. The quantitative estimate of drug-likeness (QED) is 0.841. The van der Waals surface area contributed by atoms with Crippen molar-refractivity contribution in [1.29, 1.82) is 0 Å². The van der Waals surface area contributed by atoms with Crippen LogP contribution in [0.25, 0.3) is 0 Å². The number of nitrogens with two attached hydrogens (primary N) is 2. The number of benzene rings is 1. The predicted molar refractivity (Wildman–Crippen MR) is 71.0 cm³/mol. The molecule has 0 atom stereocenters. The SMILES string of the molecule is CN(Cc1ccoc1)c1c(N)cc(N)c(Cl)c1F. The van der Waals surface area contributed by atoms with E-state index in [1.54, 1.807) is 30.5 Å². The van der Waals surface area contributed by atoms with Gasteiger partial charge in [0.1, 0.15) is 5.02 Å². The Bertz CT molecular complexity index is 557. The number of nitrogen functional groups attached to an aromatic ring is 2. The number of hydrogen-bond acceptors (Lipinski definition) is 4. The van der Waals surface area contributed by atoms with Gasteiger partial charge < -0.3 is 20.8 Å². The van der Waals surface area contributed by atoms with Crippen LogP contribution in [-0.4, -0.2) is 7.05 Å². The molecule has 1 aromatic heterocycles. The zero-order chi connectivity index (χ0) is 13.3. The third-order valence-corrected chi connectivity index (χ3v) is 3.00. The van der Waals surface area contributed by atoms with Crippen LogP contribution >= 0.6 is 11.6 Å². The maximum Gasteiger partial charge on any atom is 0.169 e. The molecule has 0 saturated heterocycles. The molecule has 4 nitrogen and oxygen atoms in total. The number of rotatable bonds is 3. The molecule has 0 aliphatic carbocycles. The van der Waals surface area contributed by atoms with Crippen LogP contribution in [0.4, 0.5) is 21.5 Å². The Morgan fingerprint density at radius 2 is 2.11 bits per heavy atom. The Balaban J connectivity index is 2.36. The minimum Gasteiger partial charge on any atom is -0.472 e. The Morgan fingerprint density at radius 1 is 1.39 bits per heavy atom. The molecule has 0 fully saturated rings. The van der Waals surface area contributed by atoms with E-state index in [4.69, 9.17) is 27.5 Å². The van der Waals surface area contributed by atoms with E-state index in [9.17, 15) is 4.39 Å². The van der Waals surface area contributed by atoms with Crippen LogP contribution in [0.3, 0.4) is 0 Å². The van der Waals surface area contributed by atoms with Gasteiger partial charge in [-0.1, -0.05) is 11.6 Å². The minimum atomic E-state index is -0.611. The lowest BCUT2D eigenvalue weighted by Crippen LogP contribution is -2.19. The highest BCUT2D eigenvalue weighted by atomic mass is 35.5. The Morgan fingerprint density at radius 3 is 2.72 bits per heavy atom. The third-order valence-electron chi connectivity index (χ3n) is 2.62. The molecule has 18 heavy (non-hydrogen) atoms. The fraction of sp³-hybridized carbons (Fsp3) is 0.167. The molecule has 0 radical (unpaired) electrons. The summed E-state index contributed by atoms with van der Waals surface area (Å²) < 4.78 is 19.0. The summed E-state index contributed by atoms with van der Waals surface area (Å²) in [7, 11) is 1.72. The second-order valence-corrected chi connectivity index (χ2v) is 4.40. The summed E-state index contributed by atoms with van der Waals surface area (Å²) in [5.41, 5.74) is 12.8. The molecule has 0 saturated carbocycles. The molecule has 0 aliphatic heterocycles. The van der Waals surface area contributed by atoms with Crippen molar-refractivity contribution in [2.24, 2.45) is 0 Å². The first kappa shape index (κ1) is 12.6. The van der Waals surface area contributed by atoms with Gasteiger partial charge in [-0.3, -0.25) is 0 Å². The second kappa shape index (κ2) is 4.78. The second-order valence-electron chi connectivity index (χ2n) is 4.02. The summed E-state index contributed by atoms with van der Waals surface area (Å²) in [6.45, 7) is 0.456. The average Bonchev–Trinajstić information content (AvgIpc) is 2.78. The first-order valence-corrected chi connectivity index (χ1v) is 5.63. The van der Waals surface area contributed by atoms with E-state index in [0.29, 0.717) is 6.54 Å². The summed E-state index contributed by atoms with van der Waals surface area (Å²) in [5.74, 6) is -0.611. The highest BCUT2D eigenvalue weighted by Gasteiger charge is 2.18. The lowest BCUT2D eigenvalue weighted by atomic mass is 10.2. The summed E-state index contributed by atoms with van der Waals surface area (Å²) in [6, 6.07) is 3.25. The molecule has 0 amide bonds.